The topological polar surface area (TPSA) is 108 Å². The van der Waals surface area contributed by atoms with Gasteiger partial charge in [0.15, 0.2) is 0 Å². The maximum absolute atomic E-state index is 12.8. The van der Waals surface area contributed by atoms with Gasteiger partial charge in [-0.3, -0.25) is 9.36 Å². The van der Waals surface area contributed by atoms with Crippen molar-refractivity contribution in [1.82, 2.24) is 5.32 Å². The number of hydrogen-bond acceptors (Lipinski definition) is 6. The molecule has 312 valence electrons. The van der Waals surface area contributed by atoms with Crippen LogP contribution in [0.25, 0.3) is 0 Å². The number of carbonyl (C=O) groups is 1. The molecule has 0 saturated heterocycles. The first-order valence-electron chi connectivity index (χ1n) is 21.9. The smallest absolute Gasteiger partial charge is 0.268 e. The monoisotopic (exact) mass is 769 g/mol. The summed E-state index contributed by atoms with van der Waals surface area (Å²) in [5.74, 6) is -0.223. The van der Waals surface area contributed by atoms with Gasteiger partial charge in [-0.2, -0.15) is 0 Å². The predicted octanol–water partition coefficient (Wildman–Crippen LogP) is 11.3. The van der Waals surface area contributed by atoms with Crippen molar-refractivity contribution in [3.8, 4) is 0 Å². The molecule has 0 aromatic rings. The van der Waals surface area contributed by atoms with E-state index in [0.717, 1.165) is 57.8 Å². The van der Waals surface area contributed by atoms with Crippen LogP contribution in [0.15, 0.2) is 36.5 Å². The summed E-state index contributed by atoms with van der Waals surface area (Å²) in [5, 5.41) is 13.7. The van der Waals surface area contributed by atoms with E-state index in [4.69, 9.17) is 9.05 Å². The fourth-order valence-corrected chi connectivity index (χ4v) is 6.75. The summed E-state index contributed by atoms with van der Waals surface area (Å²) in [5.41, 5.74) is 0. The molecule has 3 unspecified atom stereocenters. The molecule has 2 N–H and O–H groups in total. The van der Waals surface area contributed by atoms with E-state index in [1.165, 1.54) is 109 Å². The number of carbonyl (C=O) groups excluding carboxylic acids is 1. The molecule has 3 atom stereocenters. The van der Waals surface area contributed by atoms with Gasteiger partial charge in [0, 0.05) is 6.42 Å². The number of phosphoric ester groups is 1. The Hall–Kier alpha value is -1.28. The fourth-order valence-electron chi connectivity index (χ4n) is 6.03. The van der Waals surface area contributed by atoms with Gasteiger partial charge >= 0.3 is 0 Å². The number of phosphoric acid groups is 1. The lowest BCUT2D eigenvalue weighted by Crippen LogP contribution is -2.45. The van der Waals surface area contributed by atoms with Crippen LogP contribution < -0.4 is 10.2 Å². The van der Waals surface area contributed by atoms with E-state index >= 15 is 0 Å². The molecule has 0 radical (unpaired) electrons. The highest BCUT2D eigenvalue weighted by Crippen LogP contribution is 2.38. The molecule has 53 heavy (non-hydrogen) atoms. The fraction of sp³-hybridized carbons (Fsp3) is 0.841. The molecule has 0 aromatic heterocycles. The van der Waals surface area contributed by atoms with Gasteiger partial charge in [0.2, 0.25) is 5.91 Å². The standard InChI is InChI=1S/C44H85N2O6P/c1-6-8-10-12-14-16-18-19-20-21-22-23-24-25-26-27-28-29-31-33-35-37-43(47)42(41-52-53(49,50)51-40-39-46(3,4)5)45-44(48)38-36-34-32-30-17-15-13-11-9-7-2/h13,15,28-29,35,37,42-43,47H,6-12,14,16-27,30-34,36,38-41H2,1-5H3,(H-,45,48,49,50)/b15-13-,29-28+,37-35+. The van der Waals surface area contributed by atoms with Gasteiger partial charge in [-0.1, -0.05) is 166 Å². The van der Waals surface area contributed by atoms with Crippen molar-refractivity contribution >= 4 is 13.7 Å². The van der Waals surface area contributed by atoms with E-state index < -0.39 is 26.6 Å². The maximum Gasteiger partial charge on any atom is 0.268 e. The Bertz CT molecular complexity index is 964. The first-order chi connectivity index (χ1) is 25.5. The Morgan fingerprint density at radius 2 is 1.08 bits per heavy atom. The molecular formula is C44H85N2O6P. The minimum atomic E-state index is -4.59. The van der Waals surface area contributed by atoms with Crippen LogP contribution >= 0.6 is 7.82 Å². The van der Waals surface area contributed by atoms with Crippen LogP contribution in [-0.4, -0.2) is 68.5 Å². The minimum absolute atomic E-state index is 0.00868. The maximum atomic E-state index is 12.8. The summed E-state index contributed by atoms with van der Waals surface area (Å²) in [6.45, 7) is 4.56. The highest BCUT2D eigenvalue weighted by molar-refractivity contribution is 7.45. The summed E-state index contributed by atoms with van der Waals surface area (Å²) in [6.07, 6.45) is 43.5. The Kier molecular flexibility index (Phi) is 35.5. The van der Waals surface area contributed by atoms with Crippen molar-refractivity contribution in [3.05, 3.63) is 36.5 Å². The summed E-state index contributed by atoms with van der Waals surface area (Å²) >= 11 is 0. The van der Waals surface area contributed by atoms with Gasteiger partial charge in [-0.25, -0.2) is 0 Å². The molecule has 0 rings (SSSR count). The highest BCUT2D eigenvalue weighted by atomic mass is 31.2. The zero-order valence-electron chi connectivity index (χ0n) is 35.2. The summed E-state index contributed by atoms with van der Waals surface area (Å²) in [4.78, 5) is 25.2. The van der Waals surface area contributed by atoms with E-state index in [1.54, 1.807) is 6.08 Å². The van der Waals surface area contributed by atoms with Gasteiger partial charge in [-0.05, 0) is 51.4 Å². The number of nitrogens with zero attached hydrogens (tertiary/aromatic N) is 1. The van der Waals surface area contributed by atoms with E-state index in [2.05, 4.69) is 43.5 Å². The molecule has 0 aliphatic heterocycles. The molecule has 8 nitrogen and oxygen atoms in total. The van der Waals surface area contributed by atoms with Crippen molar-refractivity contribution in [1.29, 1.82) is 0 Å². The second-order valence-corrected chi connectivity index (χ2v) is 17.4. The minimum Gasteiger partial charge on any atom is -0.756 e. The third kappa shape index (κ3) is 38.8. The average Bonchev–Trinajstić information content (AvgIpc) is 3.10. The number of rotatable bonds is 39. The number of aliphatic hydroxyl groups is 1. The van der Waals surface area contributed by atoms with Crippen molar-refractivity contribution in [3.63, 3.8) is 0 Å². The van der Waals surface area contributed by atoms with Gasteiger partial charge in [0.1, 0.15) is 13.2 Å². The lowest BCUT2D eigenvalue weighted by atomic mass is 10.0. The van der Waals surface area contributed by atoms with Crippen molar-refractivity contribution < 1.29 is 32.9 Å². The molecule has 0 fully saturated rings. The highest BCUT2D eigenvalue weighted by Gasteiger charge is 2.23. The summed E-state index contributed by atoms with van der Waals surface area (Å²) in [6, 6.07) is -0.906. The van der Waals surface area contributed by atoms with Crippen LogP contribution in [0.2, 0.25) is 0 Å². The molecule has 0 aliphatic rings. The van der Waals surface area contributed by atoms with Crippen molar-refractivity contribution in [2.75, 3.05) is 40.9 Å². The van der Waals surface area contributed by atoms with Crippen LogP contribution in [0, 0.1) is 0 Å². The number of likely N-dealkylation sites (N-methyl/N-ethyl adjacent to an activating group) is 1. The first kappa shape index (κ1) is 51.7. The van der Waals surface area contributed by atoms with Gasteiger partial charge in [0.25, 0.3) is 7.82 Å². The number of unbranched alkanes of at least 4 members (excludes halogenated alkanes) is 22. The molecule has 0 spiro atoms. The number of quaternary nitrogens is 1. The van der Waals surface area contributed by atoms with Crippen LogP contribution in [0.5, 0.6) is 0 Å². The Morgan fingerprint density at radius 3 is 1.58 bits per heavy atom. The zero-order chi connectivity index (χ0) is 39.3. The second-order valence-electron chi connectivity index (χ2n) is 16.0. The van der Waals surface area contributed by atoms with Crippen LogP contribution in [0.1, 0.15) is 187 Å². The predicted molar refractivity (Wildman–Crippen MR) is 224 cm³/mol. The van der Waals surface area contributed by atoms with E-state index in [9.17, 15) is 19.4 Å². The number of hydrogen-bond donors (Lipinski definition) is 2. The van der Waals surface area contributed by atoms with Crippen LogP contribution in [0.4, 0.5) is 0 Å². The van der Waals surface area contributed by atoms with E-state index in [0.29, 0.717) is 17.4 Å². The van der Waals surface area contributed by atoms with Crippen LogP contribution in [-0.2, 0) is 18.4 Å². The normalized spacial score (nSPS) is 14.8. The molecule has 0 aliphatic carbocycles. The Balaban J connectivity index is 4.41. The summed E-state index contributed by atoms with van der Waals surface area (Å²) < 4.78 is 23.1. The molecule has 0 aromatic carbocycles. The Morgan fingerprint density at radius 1 is 0.642 bits per heavy atom. The lowest BCUT2D eigenvalue weighted by molar-refractivity contribution is -0.870. The van der Waals surface area contributed by atoms with E-state index in [-0.39, 0.29) is 12.5 Å². The summed E-state index contributed by atoms with van der Waals surface area (Å²) in [7, 11) is 1.23. The SMILES string of the molecule is CCCC/C=C\CCCCCCC(=O)NC(COP(=O)([O-])OCC[N+](C)(C)C)C(O)/C=C/CC/C=C/CCCCCCCCCCCCCCCCC. The Labute approximate surface area is 327 Å². The van der Waals surface area contributed by atoms with Gasteiger partial charge in [0.05, 0.1) is 39.9 Å². The third-order valence-corrected chi connectivity index (χ3v) is 10.5. The van der Waals surface area contributed by atoms with Crippen molar-refractivity contribution in [2.24, 2.45) is 0 Å². The molecule has 0 saturated carbocycles. The van der Waals surface area contributed by atoms with Gasteiger partial charge in [-0.15, -0.1) is 0 Å². The third-order valence-electron chi connectivity index (χ3n) is 9.57. The van der Waals surface area contributed by atoms with E-state index in [1.807, 2.05) is 27.2 Å². The lowest BCUT2D eigenvalue weighted by Gasteiger charge is -2.29. The number of nitrogens with one attached hydrogen (secondary N) is 1. The molecule has 9 heteroatoms. The quantitative estimate of drug-likeness (QED) is 0.0279. The number of aliphatic hydroxyl groups excluding tert-OH is 1. The molecule has 0 bridgehead atoms. The first-order valence-corrected chi connectivity index (χ1v) is 23.3. The molecular weight excluding hydrogens is 683 g/mol. The average molecular weight is 769 g/mol. The van der Waals surface area contributed by atoms with Crippen LogP contribution in [0.3, 0.4) is 0 Å². The number of allylic oxidation sites excluding steroid dienone is 5. The van der Waals surface area contributed by atoms with Crippen molar-refractivity contribution in [2.45, 2.75) is 199 Å². The molecule has 0 heterocycles. The largest absolute Gasteiger partial charge is 0.756 e. The number of amides is 1. The second kappa shape index (κ2) is 36.4. The molecule has 1 amide bonds. The van der Waals surface area contributed by atoms with Gasteiger partial charge < -0.3 is 28.8 Å². The zero-order valence-corrected chi connectivity index (χ0v) is 36.1.